The van der Waals surface area contributed by atoms with Crippen molar-refractivity contribution >= 4 is 5.91 Å². The largest absolute Gasteiger partial charge is 0.497 e. The second kappa shape index (κ2) is 5.92. The number of rotatable bonds is 7. The third kappa shape index (κ3) is 3.13. The highest BCUT2D eigenvalue weighted by atomic mass is 16.5. The Bertz CT molecular complexity index is 730. The summed E-state index contributed by atoms with van der Waals surface area (Å²) in [6, 6.07) is 8.15. The molecule has 2 fully saturated rings. The molecule has 1 N–H and O–H groups in total. The maximum absolute atomic E-state index is 12.2. The van der Waals surface area contributed by atoms with E-state index in [2.05, 4.69) is 27.8 Å². The molecule has 1 aromatic heterocycles. The first-order valence-electron chi connectivity index (χ1n) is 8.50. The van der Waals surface area contributed by atoms with E-state index in [4.69, 9.17) is 4.74 Å². The fourth-order valence-electron chi connectivity index (χ4n) is 3.09. The van der Waals surface area contributed by atoms with Crippen molar-refractivity contribution in [2.45, 2.75) is 43.6 Å². The Morgan fingerprint density at radius 2 is 2.08 bits per heavy atom. The van der Waals surface area contributed by atoms with E-state index >= 15 is 0 Å². The fourth-order valence-corrected chi connectivity index (χ4v) is 3.09. The first-order chi connectivity index (χ1) is 11.7. The number of hydrogen-bond acceptors (Lipinski definition) is 4. The van der Waals surface area contributed by atoms with Crippen LogP contribution in [0, 0.1) is 0 Å². The van der Waals surface area contributed by atoms with Crippen LogP contribution in [0.2, 0.25) is 0 Å². The van der Waals surface area contributed by atoms with E-state index in [9.17, 15) is 4.79 Å². The van der Waals surface area contributed by atoms with E-state index in [1.165, 1.54) is 18.4 Å². The lowest BCUT2D eigenvalue weighted by molar-refractivity contribution is -0.122. The molecule has 2 aromatic rings. The molecule has 0 bridgehead atoms. The van der Waals surface area contributed by atoms with Gasteiger partial charge in [-0.25, -0.2) is 4.68 Å². The number of methoxy groups -OCH3 is 1. The molecular formula is C18H22N4O2. The van der Waals surface area contributed by atoms with Gasteiger partial charge in [-0.15, -0.1) is 5.10 Å². The van der Waals surface area contributed by atoms with Gasteiger partial charge in [-0.1, -0.05) is 17.3 Å². The molecule has 0 saturated heterocycles. The molecule has 0 spiro atoms. The lowest BCUT2D eigenvalue weighted by Gasteiger charge is -2.17. The van der Waals surface area contributed by atoms with Gasteiger partial charge in [-0.2, -0.15) is 0 Å². The van der Waals surface area contributed by atoms with Crippen LogP contribution in [0.15, 0.2) is 30.5 Å². The molecule has 24 heavy (non-hydrogen) atoms. The quantitative estimate of drug-likeness (QED) is 0.845. The Hall–Kier alpha value is -2.37. The van der Waals surface area contributed by atoms with Crippen molar-refractivity contribution in [1.82, 2.24) is 20.3 Å². The highest BCUT2D eigenvalue weighted by molar-refractivity contribution is 5.75. The van der Waals surface area contributed by atoms with Gasteiger partial charge in [0, 0.05) is 24.1 Å². The van der Waals surface area contributed by atoms with Gasteiger partial charge in [-0.05, 0) is 43.4 Å². The number of ether oxygens (including phenoxy) is 1. The monoisotopic (exact) mass is 326 g/mol. The maximum atomic E-state index is 12.2. The summed E-state index contributed by atoms with van der Waals surface area (Å²) in [6.45, 7) is 0.904. The molecule has 6 nitrogen and oxygen atoms in total. The van der Waals surface area contributed by atoms with Gasteiger partial charge in [0.05, 0.1) is 12.8 Å². The summed E-state index contributed by atoms with van der Waals surface area (Å²) in [5.41, 5.74) is 2.36. The minimum Gasteiger partial charge on any atom is -0.497 e. The van der Waals surface area contributed by atoms with Crippen LogP contribution in [-0.2, 0) is 16.8 Å². The number of carbonyl (C=O) groups is 1. The molecule has 2 saturated carbocycles. The zero-order chi connectivity index (χ0) is 16.6. The van der Waals surface area contributed by atoms with Gasteiger partial charge in [-0.3, -0.25) is 4.79 Å². The Balaban J connectivity index is 1.32. The van der Waals surface area contributed by atoms with Crippen molar-refractivity contribution in [3.63, 3.8) is 0 Å². The van der Waals surface area contributed by atoms with Crippen molar-refractivity contribution in [2.75, 3.05) is 13.7 Å². The van der Waals surface area contributed by atoms with Crippen LogP contribution in [-0.4, -0.2) is 34.6 Å². The molecule has 1 amide bonds. The molecule has 126 valence electrons. The summed E-state index contributed by atoms with van der Waals surface area (Å²) in [4.78, 5) is 12.2. The normalized spacial score (nSPS) is 18.2. The molecule has 4 rings (SSSR count). The van der Waals surface area contributed by atoms with Crippen LogP contribution in [0.5, 0.6) is 5.75 Å². The Kier molecular flexibility index (Phi) is 3.75. The number of nitrogens with zero attached hydrogens (tertiary/aromatic N) is 3. The highest BCUT2D eigenvalue weighted by Gasteiger charge is 2.44. The van der Waals surface area contributed by atoms with Gasteiger partial charge >= 0.3 is 0 Å². The summed E-state index contributed by atoms with van der Waals surface area (Å²) < 4.78 is 6.84. The minimum atomic E-state index is -0.0120. The van der Waals surface area contributed by atoms with Gasteiger partial charge in [0.25, 0.3) is 0 Å². The van der Waals surface area contributed by atoms with Crippen LogP contribution in [0.4, 0.5) is 0 Å². The number of amides is 1. The van der Waals surface area contributed by atoms with Gasteiger partial charge in [0.2, 0.25) is 5.91 Å². The maximum Gasteiger partial charge on any atom is 0.241 e. The lowest BCUT2D eigenvalue weighted by Crippen LogP contribution is -2.34. The molecule has 2 aliphatic rings. The third-order valence-electron chi connectivity index (χ3n) is 5.04. The Morgan fingerprint density at radius 3 is 2.71 bits per heavy atom. The van der Waals surface area contributed by atoms with Crippen molar-refractivity contribution in [2.24, 2.45) is 0 Å². The molecule has 0 radical (unpaired) electrons. The average molecular weight is 326 g/mol. The number of aromatic nitrogens is 3. The van der Waals surface area contributed by atoms with Crippen molar-refractivity contribution in [1.29, 1.82) is 0 Å². The molecule has 6 heteroatoms. The van der Waals surface area contributed by atoms with Crippen LogP contribution >= 0.6 is 0 Å². The Morgan fingerprint density at radius 1 is 1.33 bits per heavy atom. The first-order valence-corrected chi connectivity index (χ1v) is 8.50. The molecule has 1 heterocycles. The number of benzene rings is 1. The molecule has 0 aliphatic heterocycles. The topological polar surface area (TPSA) is 69.0 Å². The predicted molar refractivity (Wildman–Crippen MR) is 88.9 cm³/mol. The fraction of sp³-hybridized carbons (Fsp3) is 0.500. The number of nitrogens with one attached hydrogen (secondary N) is 1. The second-order valence-electron chi connectivity index (χ2n) is 6.90. The van der Waals surface area contributed by atoms with Gasteiger partial charge in [0.1, 0.15) is 12.3 Å². The van der Waals surface area contributed by atoms with Crippen LogP contribution < -0.4 is 10.1 Å². The van der Waals surface area contributed by atoms with E-state index < -0.39 is 0 Å². The minimum absolute atomic E-state index is 0.0120. The Labute approximate surface area is 141 Å². The summed E-state index contributed by atoms with van der Waals surface area (Å²) >= 11 is 0. The average Bonchev–Trinajstić information content (AvgIpc) is 3.53. The van der Waals surface area contributed by atoms with Crippen LogP contribution in [0.25, 0.3) is 0 Å². The summed E-state index contributed by atoms with van der Waals surface area (Å²) in [6.07, 6.45) is 6.49. The number of hydrogen-bond donors (Lipinski definition) is 1. The standard InChI is InChI=1S/C18H22N4O2/c1-24-15-6-4-14(5-7-15)18(8-9-18)12-19-17(23)11-22-10-16(20-21-22)13-2-3-13/h4-7,10,13H,2-3,8-9,11-12H2,1H3,(H,19,23). The zero-order valence-electron chi connectivity index (χ0n) is 13.9. The van der Waals surface area contributed by atoms with Crippen molar-refractivity contribution in [3.8, 4) is 5.75 Å². The van der Waals surface area contributed by atoms with Crippen LogP contribution in [0.3, 0.4) is 0 Å². The SMILES string of the molecule is COc1ccc(C2(CNC(=O)Cn3cc(C4CC4)nn3)CC2)cc1. The van der Waals surface area contributed by atoms with Gasteiger partial charge < -0.3 is 10.1 Å². The van der Waals surface area contributed by atoms with E-state index in [1.807, 2.05) is 18.3 Å². The summed E-state index contributed by atoms with van der Waals surface area (Å²) in [5.74, 6) is 1.41. The summed E-state index contributed by atoms with van der Waals surface area (Å²) in [5, 5.41) is 11.2. The highest BCUT2D eigenvalue weighted by Crippen LogP contribution is 2.47. The lowest BCUT2D eigenvalue weighted by atomic mass is 9.96. The first kappa shape index (κ1) is 15.2. The smallest absolute Gasteiger partial charge is 0.241 e. The van der Waals surface area contributed by atoms with E-state index in [0.29, 0.717) is 12.5 Å². The summed E-state index contributed by atoms with van der Waals surface area (Å²) in [7, 11) is 1.67. The zero-order valence-corrected chi connectivity index (χ0v) is 13.9. The predicted octanol–water partition coefficient (Wildman–Crippen LogP) is 2.01. The van der Waals surface area contributed by atoms with Crippen molar-refractivity contribution in [3.05, 3.63) is 41.7 Å². The van der Waals surface area contributed by atoms with Gasteiger partial charge in [0.15, 0.2) is 0 Å². The van der Waals surface area contributed by atoms with E-state index in [-0.39, 0.29) is 17.9 Å². The number of carbonyl (C=O) groups excluding carboxylic acids is 1. The molecule has 1 aromatic carbocycles. The van der Waals surface area contributed by atoms with Crippen molar-refractivity contribution < 1.29 is 9.53 Å². The van der Waals surface area contributed by atoms with E-state index in [1.54, 1.807) is 11.8 Å². The molecule has 0 atom stereocenters. The van der Waals surface area contributed by atoms with E-state index in [0.717, 1.165) is 24.3 Å². The molecular weight excluding hydrogens is 304 g/mol. The molecule has 0 unspecified atom stereocenters. The molecule has 2 aliphatic carbocycles. The second-order valence-corrected chi connectivity index (χ2v) is 6.90. The van der Waals surface area contributed by atoms with Crippen LogP contribution in [0.1, 0.15) is 42.9 Å². The third-order valence-corrected chi connectivity index (χ3v) is 5.04.